The van der Waals surface area contributed by atoms with Gasteiger partial charge in [-0.25, -0.2) is 4.98 Å². The molecule has 6 aromatic rings. The molecule has 8 nitrogen and oxygen atoms in total. The van der Waals surface area contributed by atoms with Crippen LogP contribution in [-0.4, -0.2) is 52.3 Å². The number of anilines is 3. The fraction of sp³-hybridized carbons (Fsp3) is 0.255. The molecule has 13 rings (SSSR count). The van der Waals surface area contributed by atoms with E-state index >= 15 is 0 Å². The predicted octanol–water partition coefficient (Wildman–Crippen LogP) is 8.99. The molecule has 2 aromatic heterocycles. The van der Waals surface area contributed by atoms with Crippen LogP contribution in [0.1, 0.15) is 40.4 Å². The first-order chi connectivity index (χ1) is 26.8. The Labute approximate surface area is 321 Å². The van der Waals surface area contributed by atoms with Crippen molar-refractivity contribution in [1.82, 2.24) is 19.7 Å². The molecule has 8 heteroatoms. The molecule has 0 amide bonds. The van der Waals surface area contributed by atoms with E-state index in [1.54, 1.807) is 0 Å². The first-order valence-electron chi connectivity index (χ1n) is 19.6. The van der Waals surface area contributed by atoms with Gasteiger partial charge in [0, 0.05) is 84.7 Å². The maximum absolute atomic E-state index is 6.90. The Hall–Kier alpha value is -6.15. The Balaban J connectivity index is 1.18. The molecule has 0 radical (unpaired) electrons. The molecule has 0 saturated carbocycles. The molecule has 5 unspecified atom stereocenters. The highest BCUT2D eigenvalue weighted by Crippen LogP contribution is 2.57. The Bertz CT molecular complexity index is 2730. The zero-order valence-electron chi connectivity index (χ0n) is 31.8. The molecule has 8 heterocycles. The fourth-order valence-electron chi connectivity index (χ4n) is 11.3. The van der Waals surface area contributed by atoms with Gasteiger partial charge in [0.2, 0.25) is 5.71 Å². The first kappa shape index (κ1) is 31.2. The number of aryl methyl sites for hydroxylation is 3. The minimum atomic E-state index is -0.440. The summed E-state index contributed by atoms with van der Waals surface area (Å²) < 4.78 is 6.90. The summed E-state index contributed by atoms with van der Waals surface area (Å²) in [6.45, 7) is 6.80. The van der Waals surface area contributed by atoms with Gasteiger partial charge >= 0.3 is 0 Å². The number of furan rings is 1. The van der Waals surface area contributed by atoms with E-state index in [0.717, 1.165) is 40.6 Å². The van der Waals surface area contributed by atoms with Crippen molar-refractivity contribution in [2.75, 3.05) is 28.8 Å². The van der Waals surface area contributed by atoms with Gasteiger partial charge in [-0.1, -0.05) is 60.7 Å². The van der Waals surface area contributed by atoms with Crippen LogP contribution in [-0.2, 0) is 18.4 Å². The number of fused-ring (bicyclic) bond motifs is 7. The number of pyridine rings is 1. The van der Waals surface area contributed by atoms with Crippen LogP contribution in [0.15, 0.2) is 127 Å². The summed E-state index contributed by atoms with van der Waals surface area (Å²) in [5.41, 5.74) is 15.2. The van der Waals surface area contributed by atoms with Gasteiger partial charge in [-0.15, -0.1) is 0 Å². The van der Waals surface area contributed by atoms with Gasteiger partial charge in [0.1, 0.15) is 18.5 Å². The SMILES string of the molecule is Cc1ccc2c(n1)oc1c3c4c(cc12)N1C=CN(C)C1C(C1N(C)C=CN31)C1N(C=CN1C1(C)c2ccccc2-c2cccc(C)c21)c1ccccc1CC4. The third-order valence-electron chi connectivity index (χ3n) is 13.6. The van der Waals surface area contributed by atoms with Gasteiger partial charge in [-0.2, -0.15) is 0 Å². The fourth-order valence-corrected chi connectivity index (χ4v) is 11.3. The van der Waals surface area contributed by atoms with Crippen molar-refractivity contribution in [1.29, 1.82) is 0 Å². The summed E-state index contributed by atoms with van der Waals surface area (Å²) >= 11 is 0. The predicted molar refractivity (Wildman–Crippen MR) is 220 cm³/mol. The Morgan fingerprint density at radius 3 is 2.27 bits per heavy atom. The largest absolute Gasteiger partial charge is 0.435 e. The van der Waals surface area contributed by atoms with E-state index in [9.17, 15) is 0 Å². The van der Waals surface area contributed by atoms with Crippen LogP contribution < -0.4 is 14.7 Å². The van der Waals surface area contributed by atoms with E-state index < -0.39 is 5.54 Å². The van der Waals surface area contributed by atoms with E-state index in [4.69, 9.17) is 9.40 Å². The molecule has 55 heavy (non-hydrogen) atoms. The van der Waals surface area contributed by atoms with Crippen LogP contribution in [0.2, 0.25) is 0 Å². The monoisotopic (exact) mass is 721 g/mol. The van der Waals surface area contributed by atoms with Gasteiger partial charge in [-0.05, 0) is 91.3 Å². The highest BCUT2D eigenvalue weighted by molar-refractivity contribution is 6.11. The lowest BCUT2D eigenvalue weighted by atomic mass is 9.82. The summed E-state index contributed by atoms with van der Waals surface area (Å²) in [4.78, 5) is 20.3. The third-order valence-corrected chi connectivity index (χ3v) is 13.6. The maximum atomic E-state index is 6.90. The van der Waals surface area contributed by atoms with E-state index in [2.05, 4.69) is 179 Å². The smallest absolute Gasteiger partial charge is 0.227 e. The molecule has 5 atom stereocenters. The van der Waals surface area contributed by atoms with Gasteiger partial charge in [0.05, 0.1) is 17.1 Å². The number of rotatable bonds is 1. The van der Waals surface area contributed by atoms with Crippen LogP contribution in [0.5, 0.6) is 0 Å². The minimum absolute atomic E-state index is 0.00511. The second-order valence-electron chi connectivity index (χ2n) is 16.4. The van der Waals surface area contributed by atoms with E-state index in [1.165, 1.54) is 50.3 Å². The van der Waals surface area contributed by atoms with Gasteiger partial charge in [0.15, 0.2) is 5.58 Å². The number of para-hydroxylation sites is 1. The van der Waals surface area contributed by atoms with E-state index in [0.29, 0.717) is 5.71 Å². The summed E-state index contributed by atoms with van der Waals surface area (Å²) in [6.07, 6.45) is 15.6. The summed E-state index contributed by atoms with van der Waals surface area (Å²) in [5.74, 6) is 0.0180. The van der Waals surface area contributed by atoms with Crippen molar-refractivity contribution < 1.29 is 4.42 Å². The van der Waals surface area contributed by atoms with Crippen LogP contribution >= 0.6 is 0 Å². The Morgan fingerprint density at radius 2 is 1.40 bits per heavy atom. The number of aromatic nitrogens is 1. The number of nitrogens with zero attached hydrogens (tertiary/aromatic N) is 7. The molecule has 1 aliphatic carbocycles. The van der Waals surface area contributed by atoms with Crippen molar-refractivity contribution in [2.45, 2.75) is 57.6 Å². The van der Waals surface area contributed by atoms with Crippen LogP contribution in [0, 0.1) is 19.8 Å². The van der Waals surface area contributed by atoms with E-state index in [1.807, 2.05) is 6.92 Å². The summed E-state index contributed by atoms with van der Waals surface area (Å²) in [5, 5.41) is 2.17. The molecule has 0 spiro atoms. The van der Waals surface area contributed by atoms with Crippen LogP contribution in [0.4, 0.5) is 17.1 Å². The highest BCUT2D eigenvalue weighted by Gasteiger charge is 2.58. The average Bonchev–Trinajstić information content (AvgIpc) is 4.01. The summed E-state index contributed by atoms with van der Waals surface area (Å²) in [6, 6.07) is 31.7. The van der Waals surface area contributed by atoms with Crippen molar-refractivity contribution >= 4 is 39.1 Å². The lowest BCUT2D eigenvalue weighted by molar-refractivity contribution is 0.0479. The number of benzene rings is 4. The summed E-state index contributed by atoms with van der Waals surface area (Å²) in [7, 11) is 4.52. The average molecular weight is 722 g/mol. The molecular formula is C47H43N7O. The van der Waals surface area contributed by atoms with Crippen molar-refractivity contribution in [3.8, 4) is 11.1 Å². The lowest BCUT2D eigenvalue weighted by Crippen LogP contribution is -2.66. The molecule has 0 fully saturated rings. The second kappa shape index (κ2) is 10.7. The molecule has 0 N–H and O–H groups in total. The zero-order valence-corrected chi connectivity index (χ0v) is 31.8. The molecule has 7 aliphatic rings. The molecular weight excluding hydrogens is 679 g/mol. The Kier molecular flexibility index (Phi) is 6.10. The van der Waals surface area contributed by atoms with Crippen molar-refractivity contribution in [3.63, 3.8) is 0 Å². The molecule has 4 bridgehead atoms. The molecule has 272 valence electrons. The quantitative estimate of drug-likeness (QED) is 0.167. The molecule has 0 saturated heterocycles. The zero-order chi connectivity index (χ0) is 36.9. The topological polar surface area (TPSA) is 45.5 Å². The normalized spacial score (nSPS) is 25.4. The molecule has 6 aliphatic heterocycles. The standard InChI is InChI=1S/C47H43N7O/c1-28-11-10-14-32-31-13-7-8-15-36(31)47(3,40(28)32)54-26-25-51-37-16-9-6-12-30(37)18-20-34-38-27-35-33-19-17-29(2)48-43(33)55-42(35)41(34)53-24-22-50(5)45(53)39(46(51)54)44-49(4)21-23-52(38)44/h6-17,19,21-27,39,44-46H,18,20H2,1-5H3. The van der Waals surface area contributed by atoms with Crippen molar-refractivity contribution in [3.05, 3.63) is 156 Å². The second-order valence-corrected chi connectivity index (χ2v) is 16.4. The minimum Gasteiger partial charge on any atom is -0.435 e. The number of hydrogen-bond donors (Lipinski definition) is 0. The Morgan fingerprint density at radius 1 is 0.673 bits per heavy atom. The van der Waals surface area contributed by atoms with Crippen LogP contribution in [0.3, 0.4) is 0 Å². The van der Waals surface area contributed by atoms with E-state index in [-0.39, 0.29) is 24.4 Å². The van der Waals surface area contributed by atoms with Gasteiger partial charge in [0.25, 0.3) is 0 Å². The van der Waals surface area contributed by atoms with Crippen molar-refractivity contribution in [2.24, 2.45) is 5.92 Å². The first-order valence-corrected chi connectivity index (χ1v) is 19.6. The van der Waals surface area contributed by atoms with Crippen LogP contribution in [0.25, 0.3) is 33.2 Å². The maximum Gasteiger partial charge on any atom is 0.227 e. The highest BCUT2D eigenvalue weighted by atomic mass is 16.3. The third kappa shape index (κ3) is 3.89. The molecule has 4 aromatic carbocycles. The van der Waals surface area contributed by atoms with Gasteiger partial charge in [-0.3, -0.25) is 0 Å². The van der Waals surface area contributed by atoms with Gasteiger partial charge < -0.3 is 33.8 Å². The lowest BCUT2D eigenvalue weighted by Gasteiger charge is -2.54. The number of hydrogen-bond acceptors (Lipinski definition) is 8.